The van der Waals surface area contributed by atoms with Crippen LogP contribution in [0.3, 0.4) is 0 Å². The van der Waals surface area contributed by atoms with Crippen LogP contribution in [0.15, 0.2) is 77.7 Å². The highest BCUT2D eigenvalue weighted by atomic mass is 32.2. The molecule has 0 saturated carbocycles. The van der Waals surface area contributed by atoms with Gasteiger partial charge in [-0.1, -0.05) is 29.8 Å². The molecule has 0 aromatic heterocycles. The third-order valence-corrected chi connectivity index (χ3v) is 5.37. The molecule has 0 spiro atoms. The minimum atomic E-state index is -0.364. The topological polar surface area (TPSA) is 67.4 Å². The van der Waals surface area contributed by atoms with Gasteiger partial charge in [0, 0.05) is 10.6 Å². The molecule has 0 aliphatic heterocycles. The summed E-state index contributed by atoms with van der Waals surface area (Å²) < 4.78 is 18.6. The third-order valence-electron chi connectivity index (χ3n) is 4.30. The summed E-state index contributed by atoms with van der Waals surface area (Å²) in [5.41, 5.74) is 2.17. The predicted octanol–water partition coefficient (Wildman–Crippen LogP) is 4.67. The number of anilines is 1. The van der Waals surface area contributed by atoms with Crippen LogP contribution in [0.5, 0.6) is 5.75 Å². The molecule has 0 heterocycles. The van der Waals surface area contributed by atoms with Crippen molar-refractivity contribution in [2.24, 2.45) is 0 Å². The number of halogens is 1. The van der Waals surface area contributed by atoms with Crippen molar-refractivity contribution < 1.29 is 18.7 Å². The number of benzene rings is 3. The average molecular weight is 439 g/mol. The van der Waals surface area contributed by atoms with Gasteiger partial charge in [-0.3, -0.25) is 9.59 Å². The monoisotopic (exact) mass is 438 g/mol. The Kier molecular flexibility index (Phi) is 8.06. The van der Waals surface area contributed by atoms with E-state index in [1.165, 1.54) is 36.0 Å². The molecule has 5 nitrogen and oxygen atoms in total. The van der Waals surface area contributed by atoms with Crippen molar-refractivity contribution in [2.75, 3.05) is 24.2 Å². The molecule has 0 aliphatic rings. The fourth-order valence-electron chi connectivity index (χ4n) is 2.72. The van der Waals surface area contributed by atoms with Gasteiger partial charge in [-0.15, -0.1) is 11.8 Å². The molecule has 2 amide bonds. The van der Waals surface area contributed by atoms with E-state index in [2.05, 4.69) is 10.6 Å². The fourth-order valence-corrected chi connectivity index (χ4v) is 3.57. The molecule has 3 aromatic carbocycles. The number of aryl methyl sites for hydroxylation is 1. The van der Waals surface area contributed by atoms with Crippen molar-refractivity contribution in [3.05, 3.63) is 89.7 Å². The van der Waals surface area contributed by atoms with Crippen molar-refractivity contribution >= 4 is 29.3 Å². The highest BCUT2D eigenvalue weighted by Gasteiger charge is 2.13. The van der Waals surface area contributed by atoms with Crippen LogP contribution in [-0.2, 0) is 4.79 Å². The summed E-state index contributed by atoms with van der Waals surface area (Å²) in [6.45, 7) is 2.72. The molecule has 0 bridgehead atoms. The van der Waals surface area contributed by atoms with E-state index in [1.807, 2.05) is 37.3 Å². The molecule has 0 aliphatic carbocycles. The van der Waals surface area contributed by atoms with Crippen LogP contribution in [0, 0.1) is 12.7 Å². The van der Waals surface area contributed by atoms with Crippen molar-refractivity contribution in [3.63, 3.8) is 0 Å². The van der Waals surface area contributed by atoms with Gasteiger partial charge in [-0.25, -0.2) is 4.39 Å². The molecule has 3 aromatic rings. The summed E-state index contributed by atoms with van der Waals surface area (Å²) in [6.07, 6.45) is 0. The number of amides is 2. The molecule has 2 N–H and O–H groups in total. The maximum atomic E-state index is 13.0. The molecule has 0 unspecified atom stereocenters. The van der Waals surface area contributed by atoms with E-state index in [0.717, 1.165) is 11.3 Å². The van der Waals surface area contributed by atoms with Gasteiger partial charge in [0.05, 0.1) is 17.9 Å². The molecule has 7 heteroatoms. The van der Waals surface area contributed by atoms with E-state index in [-0.39, 0.29) is 23.4 Å². The molecule has 0 fully saturated rings. The van der Waals surface area contributed by atoms with Gasteiger partial charge in [-0.2, -0.15) is 0 Å². The lowest BCUT2D eigenvalue weighted by molar-refractivity contribution is -0.113. The number of hydrogen-bond donors (Lipinski definition) is 2. The van der Waals surface area contributed by atoms with Gasteiger partial charge in [0.2, 0.25) is 5.91 Å². The molecular formula is C24H23FN2O3S. The van der Waals surface area contributed by atoms with Gasteiger partial charge < -0.3 is 15.4 Å². The second-order valence-electron chi connectivity index (χ2n) is 6.76. The van der Waals surface area contributed by atoms with Crippen molar-refractivity contribution in [2.45, 2.75) is 11.8 Å². The fraction of sp³-hybridized carbons (Fsp3) is 0.167. The Morgan fingerprint density at radius 2 is 1.68 bits per heavy atom. The maximum absolute atomic E-state index is 13.0. The minimum Gasteiger partial charge on any atom is -0.492 e. The number of nitrogens with one attached hydrogen (secondary N) is 2. The Labute approximate surface area is 185 Å². The zero-order valence-electron chi connectivity index (χ0n) is 17.1. The standard InChI is InChI=1S/C24H23FN2O3S/c1-17-6-12-20(13-7-17)30-15-14-26-24(29)21-4-2-3-5-22(21)31-16-23(28)27-19-10-8-18(25)9-11-19/h2-13H,14-16H2,1H3,(H,26,29)(H,27,28). The van der Waals surface area contributed by atoms with E-state index in [4.69, 9.17) is 4.74 Å². The van der Waals surface area contributed by atoms with Gasteiger partial charge in [0.1, 0.15) is 18.2 Å². The quantitative estimate of drug-likeness (QED) is 0.376. The van der Waals surface area contributed by atoms with E-state index in [0.29, 0.717) is 29.3 Å². The second kappa shape index (κ2) is 11.2. The Morgan fingerprint density at radius 1 is 0.968 bits per heavy atom. The molecule has 0 saturated heterocycles. The lowest BCUT2D eigenvalue weighted by Crippen LogP contribution is -2.28. The van der Waals surface area contributed by atoms with Crippen LogP contribution in [0.1, 0.15) is 15.9 Å². The predicted molar refractivity (Wildman–Crippen MR) is 121 cm³/mol. The van der Waals surface area contributed by atoms with E-state index in [1.54, 1.807) is 18.2 Å². The van der Waals surface area contributed by atoms with Crippen molar-refractivity contribution in [1.82, 2.24) is 5.32 Å². The summed E-state index contributed by atoms with van der Waals surface area (Å²) in [6, 6.07) is 20.4. The molecule has 0 atom stereocenters. The van der Waals surface area contributed by atoms with Crippen LogP contribution in [0.4, 0.5) is 10.1 Å². The average Bonchev–Trinajstić information content (AvgIpc) is 2.78. The number of ether oxygens (including phenoxy) is 1. The molecule has 3 rings (SSSR count). The smallest absolute Gasteiger partial charge is 0.252 e. The summed E-state index contributed by atoms with van der Waals surface area (Å²) in [5.74, 6) is 0.0468. The first-order chi connectivity index (χ1) is 15.0. The largest absolute Gasteiger partial charge is 0.492 e. The second-order valence-corrected chi connectivity index (χ2v) is 7.77. The van der Waals surface area contributed by atoms with Crippen molar-refractivity contribution in [1.29, 1.82) is 0 Å². The van der Waals surface area contributed by atoms with Crippen LogP contribution >= 0.6 is 11.8 Å². The lowest BCUT2D eigenvalue weighted by atomic mass is 10.2. The van der Waals surface area contributed by atoms with Gasteiger partial charge in [0.25, 0.3) is 5.91 Å². The van der Waals surface area contributed by atoms with Crippen LogP contribution < -0.4 is 15.4 Å². The third kappa shape index (κ3) is 7.15. The summed E-state index contributed by atoms with van der Waals surface area (Å²) in [5, 5.41) is 5.55. The maximum Gasteiger partial charge on any atom is 0.252 e. The Bertz CT molecular complexity index is 1020. The van der Waals surface area contributed by atoms with Gasteiger partial charge in [0.15, 0.2) is 0 Å². The van der Waals surface area contributed by atoms with Crippen molar-refractivity contribution in [3.8, 4) is 5.75 Å². The lowest BCUT2D eigenvalue weighted by Gasteiger charge is -2.11. The number of thioether (sulfide) groups is 1. The van der Waals surface area contributed by atoms with Gasteiger partial charge in [-0.05, 0) is 55.5 Å². The Morgan fingerprint density at radius 3 is 2.42 bits per heavy atom. The first kappa shape index (κ1) is 22.4. The van der Waals surface area contributed by atoms with E-state index >= 15 is 0 Å². The number of rotatable bonds is 9. The van der Waals surface area contributed by atoms with Gasteiger partial charge >= 0.3 is 0 Å². The summed E-state index contributed by atoms with van der Waals surface area (Å²) >= 11 is 1.27. The van der Waals surface area contributed by atoms with Crippen LogP contribution in [0.2, 0.25) is 0 Å². The Hall–Kier alpha value is -3.32. The minimum absolute atomic E-state index is 0.123. The zero-order chi connectivity index (χ0) is 22.1. The first-order valence-electron chi connectivity index (χ1n) is 9.76. The molecule has 160 valence electrons. The van der Waals surface area contributed by atoms with Crippen LogP contribution in [0.25, 0.3) is 0 Å². The number of carbonyl (C=O) groups excluding carboxylic acids is 2. The first-order valence-corrected chi connectivity index (χ1v) is 10.7. The summed E-state index contributed by atoms with van der Waals surface area (Å²) in [7, 11) is 0. The number of hydrogen-bond acceptors (Lipinski definition) is 4. The highest BCUT2D eigenvalue weighted by molar-refractivity contribution is 8.00. The van der Waals surface area contributed by atoms with Crippen LogP contribution in [-0.4, -0.2) is 30.7 Å². The molecule has 31 heavy (non-hydrogen) atoms. The van der Waals surface area contributed by atoms with E-state index < -0.39 is 0 Å². The summed E-state index contributed by atoms with van der Waals surface area (Å²) in [4.78, 5) is 25.5. The highest BCUT2D eigenvalue weighted by Crippen LogP contribution is 2.23. The molecule has 0 radical (unpaired) electrons. The normalized spacial score (nSPS) is 10.4. The SMILES string of the molecule is Cc1ccc(OCCNC(=O)c2ccccc2SCC(=O)Nc2ccc(F)cc2)cc1. The zero-order valence-corrected chi connectivity index (χ0v) is 17.9. The van der Waals surface area contributed by atoms with E-state index in [9.17, 15) is 14.0 Å². The number of carbonyl (C=O) groups is 2. The Balaban J connectivity index is 1.48. The molecular weight excluding hydrogens is 415 g/mol.